The van der Waals surface area contributed by atoms with Crippen LogP contribution in [0.3, 0.4) is 0 Å². The van der Waals surface area contributed by atoms with E-state index in [1.165, 1.54) is 6.07 Å². The smallest absolute Gasteiger partial charge is 0.135 e. The number of rotatable bonds is 3. The summed E-state index contributed by atoms with van der Waals surface area (Å²) in [6.07, 6.45) is 0.232. The van der Waals surface area contributed by atoms with Gasteiger partial charge >= 0.3 is 0 Å². The number of aromatic nitrogens is 2. The molecule has 3 nitrogen and oxygen atoms in total. The summed E-state index contributed by atoms with van der Waals surface area (Å²) in [6, 6.07) is 6.32. The number of benzene rings is 1. The summed E-state index contributed by atoms with van der Waals surface area (Å²) in [4.78, 5) is 8.53. The molecule has 100 valence electrons. The van der Waals surface area contributed by atoms with Gasteiger partial charge in [-0.2, -0.15) is 0 Å². The van der Waals surface area contributed by atoms with Crippen molar-refractivity contribution < 1.29 is 4.39 Å². The molecule has 1 aromatic carbocycles. The highest BCUT2D eigenvalue weighted by atomic mass is 35.5. The van der Waals surface area contributed by atoms with Gasteiger partial charge in [-0.3, -0.25) is 0 Å². The highest BCUT2D eigenvalue weighted by Gasteiger charge is 2.12. The average molecular weight is 280 g/mol. The average Bonchev–Trinajstić information content (AvgIpc) is 2.33. The Labute approximate surface area is 116 Å². The summed E-state index contributed by atoms with van der Waals surface area (Å²) in [5, 5.41) is 0.372. The third-order valence-corrected chi connectivity index (χ3v) is 3.15. The van der Waals surface area contributed by atoms with Crippen molar-refractivity contribution in [1.82, 2.24) is 9.97 Å². The number of nitrogen functional groups attached to an aromatic ring is 1. The van der Waals surface area contributed by atoms with E-state index in [1.807, 2.05) is 13.8 Å². The van der Waals surface area contributed by atoms with Crippen molar-refractivity contribution >= 4 is 17.4 Å². The van der Waals surface area contributed by atoms with Gasteiger partial charge in [0.25, 0.3) is 0 Å². The van der Waals surface area contributed by atoms with E-state index in [2.05, 4.69) is 9.97 Å². The summed E-state index contributed by atoms with van der Waals surface area (Å²) in [6.45, 7) is 4.03. The molecule has 0 fully saturated rings. The van der Waals surface area contributed by atoms with E-state index in [1.54, 1.807) is 18.2 Å². The Morgan fingerprint density at radius 3 is 2.68 bits per heavy atom. The maximum atomic E-state index is 13.7. The Bertz CT molecular complexity index is 579. The van der Waals surface area contributed by atoms with Gasteiger partial charge in [0, 0.05) is 28.8 Å². The predicted molar refractivity (Wildman–Crippen MR) is 74.7 cm³/mol. The van der Waals surface area contributed by atoms with Crippen LogP contribution in [0.15, 0.2) is 24.3 Å². The monoisotopic (exact) mass is 279 g/mol. The van der Waals surface area contributed by atoms with E-state index in [0.717, 1.165) is 5.69 Å². The van der Waals surface area contributed by atoms with Crippen LogP contribution in [0.1, 0.15) is 36.8 Å². The topological polar surface area (TPSA) is 51.8 Å². The molecule has 0 spiro atoms. The summed E-state index contributed by atoms with van der Waals surface area (Å²) in [7, 11) is 0. The molecule has 19 heavy (non-hydrogen) atoms. The minimum absolute atomic E-state index is 0.232. The molecule has 1 aromatic heterocycles. The lowest BCUT2D eigenvalue weighted by Gasteiger charge is -2.09. The second-order valence-electron chi connectivity index (χ2n) is 4.67. The van der Waals surface area contributed by atoms with Crippen LogP contribution in [0.2, 0.25) is 5.02 Å². The minimum Gasteiger partial charge on any atom is -0.384 e. The van der Waals surface area contributed by atoms with Gasteiger partial charge in [0.1, 0.15) is 17.5 Å². The van der Waals surface area contributed by atoms with E-state index in [-0.39, 0.29) is 18.2 Å². The maximum Gasteiger partial charge on any atom is 0.135 e. The van der Waals surface area contributed by atoms with Gasteiger partial charge in [-0.05, 0) is 18.1 Å². The summed E-state index contributed by atoms with van der Waals surface area (Å²) >= 11 is 5.99. The Kier molecular flexibility index (Phi) is 4.00. The molecular weight excluding hydrogens is 265 g/mol. The van der Waals surface area contributed by atoms with Gasteiger partial charge < -0.3 is 5.73 Å². The number of nitrogens with zero attached hydrogens (tertiary/aromatic N) is 2. The molecule has 0 aliphatic rings. The molecule has 0 saturated heterocycles. The van der Waals surface area contributed by atoms with Crippen LogP contribution in [-0.4, -0.2) is 9.97 Å². The first-order valence-electron chi connectivity index (χ1n) is 6.03. The third-order valence-electron chi connectivity index (χ3n) is 2.80. The van der Waals surface area contributed by atoms with Crippen molar-refractivity contribution in [3.63, 3.8) is 0 Å². The molecular formula is C14H15ClFN3. The molecule has 0 bridgehead atoms. The molecule has 0 saturated carbocycles. The molecule has 0 unspecified atom stereocenters. The van der Waals surface area contributed by atoms with Crippen LogP contribution in [0.5, 0.6) is 0 Å². The molecule has 0 aliphatic carbocycles. The number of hydrogen-bond acceptors (Lipinski definition) is 3. The zero-order valence-electron chi connectivity index (χ0n) is 10.8. The quantitative estimate of drug-likeness (QED) is 0.934. The van der Waals surface area contributed by atoms with E-state index in [4.69, 9.17) is 17.3 Å². The van der Waals surface area contributed by atoms with E-state index < -0.39 is 0 Å². The highest BCUT2D eigenvalue weighted by molar-refractivity contribution is 6.31. The zero-order chi connectivity index (χ0) is 14.0. The Morgan fingerprint density at radius 1 is 1.32 bits per heavy atom. The second kappa shape index (κ2) is 5.53. The fourth-order valence-electron chi connectivity index (χ4n) is 1.77. The van der Waals surface area contributed by atoms with E-state index >= 15 is 0 Å². The lowest BCUT2D eigenvalue weighted by atomic mass is 10.1. The molecule has 0 aliphatic heterocycles. The van der Waals surface area contributed by atoms with Crippen molar-refractivity contribution in [3.05, 3.63) is 52.2 Å². The number of nitrogens with two attached hydrogens (primary N) is 1. The lowest BCUT2D eigenvalue weighted by molar-refractivity contribution is 0.612. The van der Waals surface area contributed by atoms with Crippen molar-refractivity contribution in [2.24, 2.45) is 0 Å². The van der Waals surface area contributed by atoms with Crippen molar-refractivity contribution in [2.75, 3.05) is 5.73 Å². The number of hydrogen-bond donors (Lipinski definition) is 1. The van der Waals surface area contributed by atoms with Crippen molar-refractivity contribution in [1.29, 1.82) is 0 Å². The third kappa shape index (κ3) is 3.20. The van der Waals surface area contributed by atoms with Crippen LogP contribution in [0.4, 0.5) is 10.2 Å². The highest BCUT2D eigenvalue weighted by Crippen LogP contribution is 2.22. The van der Waals surface area contributed by atoms with Crippen molar-refractivity contribution in [2.45, 2.75) is 26.2 Å². The first-order chi connectivity index (χ1) is 8.97. The summed E-state index contributed by atoms with van der Waals surface area (Å²) < 4.78 is 13.7. The lowest BCUT2D eigenvalue weighted by Crippen LogP contribution is -2.06. The molecule has 2 aromatic rings. The molecule has 0 radical (unpaired) electrons. The predicted octanol–water partition coefficient (Wildman–Crippen LogP) is 3.57. The fourth-order valence-corrected chi connectivity index (χ4v) is 2.00. The van der Waals surface area contributed by atoms with Crippen LogP contribution in [-0.2, 0) is 6.42 Å². The normalized spacial score (nSPS) is 11.0. The SMILES string of the molecule is CC(C)c1cc(N)nc(Cc2c(F)cccc2Cl)n1. The first kappa shape index (κ1) is 13.7. The molecule has 2 rings (SSSR count). The minimum atomic E-state index is -0.357. The Balaban J connectivity index is 2.38. The molecule has 1 heterocycles. The van der Waals surface area contributed by atoms with Crippen molar-refractivity contribution in [3.8, 4) is 0 Å². The summed E-state index contributed by atoms with van der Waals surface area (Å²) in [5.74, 6) is 0.752. The fraction of sp³-hybridized carbons (Fsp3) is 0.286. The number of halogens is 2. The van der Waals surface area contributed by atoms with Gasteiger partial charge in [0.15, 0.2) is 0 Å². The summed E-state index contributed by atoms with van der Waals surface area (Å²) in [5.41, 5.74) is 6.98. The van der Waals surface area contributed by atoms with Gasteiger partial charge in [-0.1, -0.05) is 31.5 Å². The first-order valence-corrected chi connectivity index (χ1v) is 6.41. The van der Waals surface area contributed by atoms with Gasteiger partial charge in [-0.15, -0.1) is 0 Å². The largest absolute Gasteiger partial charge is 0.384 e. The molecule has 0 amide bonds. The second-order valence-corrected chi connectivity index (χ2v) is 5.07. The van der Waals surface area contributed by atoms with E-state index in [9.17, 15) is 4.39 Å². The van der Waals surface area contributed by atoms with Gasteiger partial charge in [0.05, 0.1) is 0 Å². The number of anilines is 1. The van der Waals surface area contributed by atoms with Crippen LogP contribution in [0, 0.1) is 5.82 Å². The van der Waals surface area contributed by atoms with E-state index in [0.29, 0.717) is 22.2 Å². The zero-order valence-corrected chi connectivity index (χ0v) is 11.6. The Morgan fingerprint density at radius 2 is 2.05 bits per heavy atom. The molecule has 0 atom stereocenters. The maximum absolute atomic E-state index is 13.7. The molecule has 5 heteroatoms. The van der Waals surface area contributed by atoms with Gasteiger partial charge in [-0.25, -0.2) is 14.4 Å². The molecule has 2 N–H and O–H groups in total. The van der Waals surface area contributed by atoms with Crippen LogP contribution >= 0.6 is 11.6 Å². The van der Waals surface area contributed by atoms with Crippen LogP contribution in [0.25, 0.3) is 0 Å². The standard InChI is InChI=1S/C14H15ClFN3/c1-8(2)12-7-13(17)19-14(18-12)6-9-10(15)4-3-5-11(9)16/h3-5,7-8H,6H2,1-2H3,(H2,17,18,19). The Hall–Kier alpha value is -1.68. The van der Waals surface area contributed by atoms with Crippen LogP contribution < -0.4 is 5.73 Å². The van der Waals surface area contributed by atoms with Gasteiger partial charge in [0.2, 0.25) is 0 Å².